The first-order valence-corrected chi connectivity index (χ1v) is 12.6. The number of amides is 5. The Morgan fingerprint density at radius 1 is 0.944 bits per heavy atom. The van der Waals surface area contributed by atoms with Crippen LogP contribution in [0, 0.1) is 0 Å². The predicted molar refractivity (Wildman–Crippen MR) is 129 cm³/mol. The van der Waals surface area contributed by atoms with Crippen molar-refractivity contribution < 1.29 is 42.9 Å². The molecule has 0 saturated carbocycles. The van der Waals surface area contributed by atoms with Crippen LogP contribution in [0.4, 0.5) is 5.69 Å². The van der Waals surface area contributed by atoms with Crippen molar-refractivity contribution in [1.29, 1.82) is 0 Å². The van der Waals surface area contributed by atoms with Gasteiger partial charge in [-0.2, -0.15) is 0 Å². The molecule has 0 bridgehead atoms. The molecular weight excluding hydrogens is 542 g/mol. The van der Waals surface area contributed by atoms with Crippen molar-refractivity contribution >= 4 is 51.2 Å². The molecule has 0 aromatic heterocycles. The second-order valence-corrected chi connectivity index (χ2v) is 8.60. The molecule has 5 amide bonds. The van der Waals surface area contributed by atoms with Crippen LogP contribution >= 0.6 is 15.9 Å². The molecule has 3 rings (SSSR count). The van der Waals surface area contributed by atoms with Gasteiger partial charge in [0.15, 0.2) is 0 Å². The lowest BCUT2D eigenvalue weighted by molar-refractivity contribution is -0.136. The highest BCUT2D eigenvalue weighted by Crippen LogP contribution is 2.32. The predicted octanol–water partition coefficient (Wildman–Crippen LogP) is 0.488. The van der Waals surface area contributed by atoms with Gasteiger partial charge in [0.2, 0.25) is 17.7 Å². The van der Waals surface area contributed by atoms with E-state index in [4.69, 9.17) is 18.9 Å². The van der Waals surface area contributed by atoms with E-state index >= 15 is 0 Å². The van der Waals surface area contributed by atoms with E-state index in [1.165, 1.54) is 18.2 Å². The number of alkyl halides is 1. The maximum atomic E-state index is 13.0. The summed E-state index contributed by atoms with van der Waals surface area (Å²) in [5.74, 6) is -3.02. The zero-order valence-electron chi connectivity index (χ0n) is 19.6. The number of hydrogen-bond donors (Lipinski definition) is 2. The standard InChI is InChI=1S/C23H28BrN3O9/c24-6-7-33-8-9-34-10-11-35-12-13-36-14-19(29)25-16-3-1-2-15-20(16)23(32)27(22(15)31)17-4-5-18(28)26-21(17)30/h1-3,17H,4-14H2,(H,25,29)(H,26,28,30). The minimum Gasteiger partial charge on any atom is -0.378 e. The summed E-state index contributed by atoms with van der Waals surface area (Å²) in [7, 11) is 0. The first-order chi connectivity index (χ1) is 17.4. The van der Waals surface area contributed by atoms with Crippen molar-refractivity contribution in [3.05, 3.63) is 29.3 Å². The van der Waals surface area contributed by atoms with E-state index in [2.05, 4.69) is 26.6 Å². The van der Waals surface area contributed by atoms with Gasteiger partial charge in [0.25, 0.3) is 11.8 Å². The van der Waals surface area contributed by atoms with Gasteiger partial charge in [-0.15, -0.1) is 0 Å². The van der Waals surface area contributed by atoms with E-state index in [1.54, 1.807) is 0 Å². The van der Waals surface area contributed by atoms with Gasteiger partial charge in [0, 0.05) is 11.8 Å². The van der Waals surface area contributed by atoms with Crippen molar-refractivity contribution in [2.24, 2.45) is 0 Å². The van der Waals surface area contributed by atoms with Crippen LogP contribution in [0.25, 0.3) is 0 Å². The molecule has 2 aliphatic rings. The summed E-state index contributed by atoms with van der Waals surface area (Å²) in [5, 5.41) is 5.51. The quantitative estimate of drug-likeness (QED) is 0.175. The third kappa shape index (κ3) is 7.40. The minimum absolute atomic E-state index is 0.00137. The molecule has 2 heterocycles. The van der Waals surface area contributed by atoms with Crippen molar-refractivity contribution in [1.82, 2.24) is 10.2 Å². The van der Waals surface area contributed by atoms with Gasteiger partial charge in [-0.3, -0.25) is 34.2 Å². The molecule has 2 N–H and O–H groups in total. The topological polar surface area (TPSA) is 150 Å². The summed E-state index contributed by atoms with van der Waals surface area (Å²) < 4.78 is 21.2. The molecule has 13 heteroatoms. The molecule has 0 aliphatic carbocycles. The van der Waals surface area contributed by atoms with Crippen molar-refractivity contribution in [3.8, 4) is 0 Å². The summed E-state index contributed by atoms with van der Waals surface area (Å²) in [6, 6.07) is 3.38. The highest BCUT2D eigenvalue weighted by Gasteiger charge is 2.45. The molecule has 1 aromatic carbocycles. The number of halogens is 1. The average molecular weight is 570 g/mol. The van der Waals surface area contributed by atoms with Gasteiger partial charge in [0.1, 0.15) is 12.6 Å². The number of piperidine rings is 1. The molecule has 36 heavy (non-hydrogen) atoms. The van der Waals surface area contributed by atoms with Crippen LogP contribution < -0.4 is 10.6 Å². The van der Waals surface area contributed by atoms with Crippen LogP contribution in [0.5, 0.6) is 0 Å². The van der Waals surface area contributed by atoms with Crippen LogP contribution in [0.15, 0.2) is 18.2 Å². The number of ether oxygens (including phenoxy) is 4. The third-order valence-electron chi connectivity index (χ3n) is 5.31. The van der Waals surface area contributed by atoms with Crippen LogP contribution in [0.1, 0.15) is 33.6 Å². The lowest BCUT2D eigenvalue weighted by Crippen LogP contribution is -2.54. The van der Waals surface area contributed by atoms with Gasteiger partial charge in [-0.1, -0.05) is 22.0 Å². The SMILES string of the molecule is O=C1CCC(N2C(=O)c3cccc(NC(=O)COCCOCCOCCOCCBr)c3C2=O)C(=O)N1. The Balaban J connectivity index is 1.41. The Bertz CT molecular complexity index is 988. The highest BCUT2D eigenvalue weighted by atomic mass is 79.9. The van der Waals surface area contributed by atoms with E-state index in [1.807, 2.05) is 0 Å². The molecule has 1 saturated heterocycles. The maximum Gasteiger partial charge on any atom is 0.264 e. The number of rotatable bonds is 15. The number of benzene rings is 1. The molecule has 1 atom stereocenters. The van der Waals surface area contributed by atoms with E-state index in [9.17, 15) is 24.0 Å². The van der Waals surface area contributed by atoms with Crippen molar-refractivity contribution in [2.45, 2.75) is 18.9 Å². The summed E-state index contributed by atoms with van der Waals surface area (Å²) in [4.78, 5) is 62.7. The van der Waals surface area contributed by atoms with Gasteiger partial charge in [0.05, 0.1) is 63.1 Å². The number of nitrogens with zero attached hydrogens (tertiary/aromatic N) is 1. The number of nitrogens with one attached hydrogen (secondary N) is 2. The summed E-state index contributed by atoms with van der Waals surface area (Å²) in [6.45, 7) is 2.59. The van der Waals surface area contributed by atoms with E-state index in [-0.39, 0.29) is 49.5 Å². The van der Waals surface area contributed by atoms with Crippen molar-refractivity contribution in [3.63, 3.8) is 0 Å². The normalized spacial score (nSPS) is 17.4. The van der Waals surface area contributed by atoms with Crippen LogP contribution in [-0.2, 0) is 33.3 Å². The van der Waals surface area contributed by atoms with Crippen LogP contribution in [-0.4, -0.2) is 98.7 Å². The smallest absolute Gasteiger partial charge is 0.264 e. The molecule has 0 spiro atoms. The number of carbonyl (C=O) groups is 5. The number of imide groups is 2. The maximum absolute atomic E-state index is 13.0. The molecule has 2 aliphatic heterocycles. The van der Waals surface area contributed by atoms with Gasteiger partial charge >= 0.3 is 0 Å². The highest BCUT2D eigenvalue weighted by molar-refractivity contribution is 9.09. The Morgan fingerprint density at radius 3 is 2.22 bits per heavy atom. The van der Waals surface area contributed by atoms with Gasteiger partial charge in [-0.25, -0.2) is 0 Å². The monoisotopic (exact) mass is 569 g/mol. The first-order valence-electron chi connectivity index (χ1n) is 11.5. The Morgan fingerprint density at radius 2 is 1.58 bits per heavy atom. The zero-order valence-corrected chi connectivity index (χ0v) is 21.2. The Kier molecular flexibility index (Phi) is 10.9. The number of carbonyl (C=O) groups excluding carboxylic acids is 5. The lowest BCUT2D eigenvalue weighted by Gasteiger charge is -2.27. The molecule has 1 unspecified atom stereocenters. The molecular formula is C23H28BrN3O9. The Hall–Kier alpha value is -2.71. The second kappa shape index (κ2) is 14.1. The molecule has 1 aromatic rings. The van der Waals surface area contributed by atoms with E-state index in [0.717, 1.165) is 10.2 Å². The second-order valence-electron chi connectivity index (χ2n) is 7.80. The van der Waals surface area contributed by atoms with E-state index in [0.29, 0.717) is 33.0 Å². The summed E-state index contributed by atoms with van der Waals surface area (Å²) >= 11 is 3.26. The molecule has 1 fully saturated rings. The number of hydrogen-bond acceptors (Lipinski definition) is 9. The minimum atomic E-state index is -1.08. The van der Waals surface area contributed by atoms with Gasteiger partial charge < -0.3 is 24.3 Å². The van der Waals surface area contributed by atoms with Gasteiger partial charge in [-0.05, 0) is 18.6 Å². The first kappa shape index (κ1) is 27.9. The Labute approximate surface area is 216 Å². The van der Waals surface area contributed by atoms with Crippen LogP contribution in [0.2, 0.25) is 0 Å². The largest absolute Gasteiger partial charge is 0.378 e. The fourth-order valence-corrected chi connectivity index (χ4v) is 3.91. The van der Waals surface area contributed by atoms with Crippen molar-refractivity contribution in [2.75, 3.05) is 63.5 Å². The van der Waals surface area contributed by atoms with E-state index < -0.39 is 35.6 Å². The summed E-state index contributed by atoms with van der Waals surface area (Å²) in [5.41, 5.74) is 0.220. The zero-order chi connectivity index (χ0) is 25.9. The fourth-order valence-electron chi connectivity index (χ4n) is 3.68. The molecule has 12 nitrogen and oxygen atoms in total. The molecule has 196 valence electrons. The summed E-state index contributed by atoms with van der Waals surface area (Å²) in [6.07, 6.45) is 0.0692. The average Bonchev–Trinajstić information content (AvgIpc) is 3.10. The van der Waals surface area contributed by atoms with Crippen LogP contribution in [0.3, 0.4) is 0 Å². The number of anilines is 1. The third-order valence-corrected chi connectivity index (χ3v) is 5.64. The fraction of sp³-hybridized carbons (Fsp3) is 0.522. The molecule has 0 radical (unpaired) electrons. The number of fused-ring (bicyclic) bond motifs is 1. The lowest BCUT2D eigenvalue weighted by atomic mass is 10.0.